The minimum atomic E-state index is -3.30. The molecule has 0 saturated heterocycles. The van der Waals surface area contributed by atoms with Gasteiger partial charge in [-0.15, -0.1) is 0 Å². The van der Waals surface area contributed by atoms with Gasteiger partial charge in [0.2, 0.25) is 0 Å². The third-order valence-electron chi connectivity index (χ3n) is 5.07. The summed E-state index contributed by atoms with van der Waals surface area (Å²) in [6, 6.07) is 27.0. The molecule has 3 aromatic carbocycles. The molecular weight excluding hydrogens is 503 g/mol. The van der Waals surface area contributed by atoms with E-state index in [1.165, 1.54) is 18.3 Å². The number of hydrogen-bond donors (Lipinski definition) is 1. The summed E-state index contributed by atoms with van der Waals surface area (Å²) in [5.41, 5.74) is 2.47. The van der Waals surface area contributed by atoms with Crippen LogP contribution in [0.2, 0.25) is 0 Å². The Bertz CT molecular complexity index is 902. The van der Waals surface area contributed by atoms with Crippen molar-refractivity contribution in [2.75, 3.05) is 0 Å². The third kappa shape index (κ3) is 4.39. The average molecular weight is 528 g/mol. The zero-order valence-corrected chi connectivity index (χ0v) is 20.4. The molecule has 0 amide bonds. The van der Waals surface area contributed by atoms with Crippen LogP contribution in [0.4, 0.5) is 0 Å². The molecule has 138 valence electrons. The van der Waals surface area contributed by atoms with Crippen LogP contribution in [0.25, 0.3) is 0 Å². The van der Waals surface area contributed by atoms with Crippen molar-refractivity contribution < 1.29 is 5.11 Å². The molecule has 0 aliphatic rings. The molecule has 0 bridgehead atoms. The molecule has 0 heterocycles. The summed E-state index contributed by atoms with van der Waals surface area (Å²) in [4.78, 5) is 0. The van der Waals surface area contributed by atoms with Crippen molar-refractivity contribution in [2.24, 2.45) is 0 Å². The molecule has 0 radical (unpaired) electrons. The Hall–Kier alpha value is -1.36. The summed E-state index contributed by atoms with van der Waals surface area (Å²) in [5, 5.41) is 11.1. The van der Waals surface area contributed by atoms with Gasteiger partial charge in [0.1, 0.15) is 0 Å². The van der Waals surface area contributed by atoms with Gasteiger partial charge in [0.05, 0.1) is 0 Å². The van der Waals surface area contributed by atoms with Crippen LogP contribution in [-0.2, 0) is 5.60 Å². The van der Waals surface area contributed by atoms with Crippen LogP contribution in [0.5, 0.6) is 0 Å². The second kappa shape index (κ2) is 8.34. The monoisotopic (exact) mass is 528 g/mol. The molecule has 1 unspecified atom stereocenters. The van der Waals surface area contributed by atoms with Gasteiger partial charge in [-0.05, 0) is 0 Å². The van der Waals surface area contributed by atoms with E-state index in [4.69, 9.17) is 0 Å². The Kier molecular flexibility index (Phi) is 6.29. The number of aliphatic hydroxyl groups is 1. The van der Waals surface area contributed by atoms with Gasteiger partial charge in [0, 0.05) is 0 Å². The Balaban J connectivity index is 2.14. The fourth-order valence-electron chi connectivity index (χ4n) is 3.44. The predicted octanol–water partition coefficient (Wildman–Crippen LogP) is 4.76. The molecule has 1 atom stereocenters. The first-order chi connectivity index (χ1) is 12.8. The van der Waals surface area contributed by atoms with Crippen molar-refractivity contribution in [1.82, 2.24) is 0 Å². The first kappa shape index (κ1) is 20.4. The van der Waals surface area contributed by atoms with Crippen LogP contribution >= 0.6 is 12.7 Å². The molecule has 1 N–H and O–H groups in total. The molecular formula is C24H25BrOSn. The number of hydrogen-bond acceptors (Lipinski definition) is 1. The fourth-order valence-corrected chi connectivity index (χ4v) is 19.4. The zero-order valence-electron chi connectivity index (χ0n) is 16.0. The van der Waals surface area contributed by atoms with E-state index in [0.717, 1.165) is 5.56 Å². The second-order valence-corrected chi connectivity index (χ2v) is 23.7. The van der Waals surface area contributed by atoms with Crippen LogP contribution < -0.4 is 7.16 Å². The van der Waals surface area contributed by atoms with E-state index in [0.29, 0.717) is 0 Å². The van der Waals surface area contributed by atoms with Gasteiger partial charge >= 0.3 is 173 Å². The molecule has 27 heavy (non-hydrogen) atoms. The quantitative estimate of drug-likeness (QED) is 0.474. The van der Waals surface area contributed by atoms with Crippen molar-refractivity contribution >= 4 is 36.0 Å². The Morgan fingerprint density at radius 2 is 1.22 bits per heavy atom. The van der Waals surface area contributed by atoms with Crippen molar-refractivity contribution in [2.45, 2.75) is 26.4 Å². The Labute approximate surface area is 172 Å². The molecule has 3 heteroatoms. The molecule has 0 saturated carbocycles. The van der Waals surface area contributed by atoms with Gasteiger partial charge in [-0.25, -0.2) is 0 Å². The number of benzene rings is 3. The number of halogens is 1. The first-order valence-corrected chi connectivity index (χ1v) is 20.0. The van der Waals surface area contributed by atoms with Crippen LogP contribution in [-0.4, -0.2) is 21.3 Å². The van der Waals surface area contributed by atoms with Gasteiger partial charge in [0.25, 0.3) is 0 Å². The van der Waals surface area contributed by atoms with Crippen molar-refractivity contribution in [1.29, 1.82) is 0 Å². The van der Waals surface area contributed by atoms with Crippen molar-refractivity contribution in [3.63, 3.8) is 0 Å². The SMILES string of the molecule is Cc1cccc[c]1[Sn]([Br])([CH]=CC(C)(O)c1ccccc1)[c]1ccccc1C. The summed E-state index contributed by atoms with van der Waals surface area (Å²) in [6.07, 6.45) is 1.98. The first-order valence-electron chi connectivity index (χ1n) is 9.14. The normalized spacial score (nSPS) is 14.3. The van der Waals surface area contributed by atoms with E-state index in [1.54, 1.807) is 0 Å². The van der Waals surface area contributed by atoms with Gasteiger partial charge in [-0.1, -0.05) is 0 Å². The second-order valence-electron chi connectivity index (χ2n) is 7.19. The van der Waals surface area contributed by atoms with Gasteiger partial charge in [0.15, 0.2) is 0 Å². The zero-order chi connectivity index (χ0) is 19.5. The standard InChI is InChI=1S/C10H11O.2C7H7.BrH.Sn/c1-3-10(2,11)9-7-5-4-6-8-9;2*1-7-5-3-2-4-6-7;;/h1,3-8,11H,2H3;2*2-5H,1H3;1H;/q;;;;+1/p-1. The Morgan fingerprint density at radius 1 is 0.778 bits per heavy atom. The van der Waals surface area contributed by atoms with E-state index >= 15 is 0 Å². The summed E-state index contributed by atoms with van der Waals surface area (Å²) < 4.78 is 5.04. The van der Waals surface area contributed by atoms with E-state index in [9.17, 15) is 5.11 Å². The van der Waals surface area contributed by atoms with E-state index in [-0.39, 0.29) is 0 Å². The molecule has 0 fully saturated rings. The molecule has 0 aliphatic heterocycles. The Morgan fingerprint density at radius 3 is 1.70 bits per heavy atom. The number of rotatable bonds is 5. The van der Waals surface area contributed by atoms with Crippen LogP contribution in [0, 0.1) is 13.8 Å². The van der Waals surface area contributed by atoms with E-state index in [1.807, 2.05) is 43.3 Å². The van der Waals surface area contributed by atoms with Crippen LogP contribution in [0.1, 0.15) is 23.6 Å². The minimum absolute atomic E-state index is 0.900. The van der Waals surface area contributed by atoms with E-state index in [2.05, 4.69) is 79.2 Å². The van der Waals surface area contributed by atoms with E-state index < -0.39 is 21.8 Å². The summed E-state index contributed by atoms with van der Waals surface area (Å²) in [6.45, 7) is 6.20. The molecule has 1 nitrogen and oxygen atoms in total. The molecule has 0 spiro atoms. The third-order valence-corrected chi connectivity index (χ3v) is 22.0. The van der Waals surface area contributed by atoms with Crippen molar-refractivity contribution in [3.05, 3.63) is 106 Å². The summed E-state index contributed by atoms with van der Waals surface area (Å²) >= 11 is 0.939. The maximum atomic E-state index is 11.1. The van der Waals surface area contributed by atoms with Gasteiger partial charge in [-0.2, -0.15) is 0 Å². The van der Waals surface area contributed by atoms with Crippen molar-refractivity contribution in [3.8, 4) is 0 Å². The van der Waals surface area contributed by atoms with Gasteiger partial charge in [-0.3, -0.25) is 0 Å². The average Bonchev–Trinajstić information content (AvgIpc) is 2.68. The maximum absolute atomic E-state index is 11.1. The summed E-state index contributed by atoms with van der Waals surface area (Å²) in [5.74, 6) is 0. The van der Waals surface area contributed by atoms with Crippen LogP contribution in [0.3, 0.4) is 0 Å². The number of aryl methyl sites for hydroxylation is 2. The van der Waals surface area contributed by atoms with Crippen LogP contribution in [0.15, 0.2) is 89.0 Å². The molecule has 3 rings (SSSR count). The van der Waals surface area contributed by atoms with Gasteiger partial charge < -0.3 is 0 Å². The fraction of sp³-hybridized carbons (Fsp3) is 0.167. The topological polar surface area (TPSA) is 20.2 Å². The molecule has 0 aromatic heterocycles. The summed E-state index contributed by atoms with van der Waals surface area (Å²) in [7, 11) is 0. The molecule has 3 aromatic rings. The predicted molar refractivity (Wildman–Crippen MR) is 121 cm³/mol. The molecule has 0 aliphatic carbocycles.